The lowest BCUT2D eigenvalue weighted by atomic mass is 9.99. The molecular weight excluding hydrogens is 254 g/mol. The van der Waals surface area contributed by atoms with Gasteiger partial charge in [0.05, 0.1) is 12.6 Å². The van der Waals surface area contributed by atoms with Crippen LogP contribution in [-0.4, -0.2) is 62.8 Å². The molecule has 5 heteroatoms. The minimum absolute atomic E-state index is 0.131. The highest BCUT2D eigenvalue weighted by Crippen LogP contribution is 2.12. The number of nitrogens with zero attached hydrogens (tertiary/aromatic N) is 1. The monoisotopic (exact) mass is 283 g/mol. The van der Waals surface area contributed by atoms with Crippen molar-refractivity contribution in [2.24, 2.45) is 5.92 Å². The number of ether oxygens (including phenoxy) is 1. The Morgan fingerprint density at radius 3 is 2.95 bits per heavy atom. The summed E-state index contributed by atoms with van der Waals surface area (Å²) in [7, 11) is 0. The van der Waals surface area contributed by atoms with E-state index in [-0.39, 0.29) is 12.0 Å². The van der Waals surface area contributed by atoms with Crippen molar-refractivity contribution in [2.45, 2.75) is 38.7 Å². The second kappa shape index (κ2) is 8.60. The second-order valence-corrected chi connectivity index (χ2v) is 5.98. The van der Waals surface area contributed by atoms with Gasteiger partial charge in [0, 0.05) is 19.7 Å². The van der Waals surface area contributed by atoms with Gasteiger partial charge in [-0.15, -0.1) is 0 Å². The van der Waals surface area contributed by atoms with Crippen molar-refractivity contribution in [3.63, 3.8) is 0 Å². The van der Waals surface area contributed by atoms with Crippen molar-refractivity contribution in [2.75, 3.05) is 45.9 Å². The first-order chi connectivity index (χ1) is 9.78. The minimum Gasteiger partial charge on any atom is -0.376 e. The Hall–Kier alpha value is -0.650. The summed E-state index contributed by atoms with van der Waals surface area (Å²) < 4.78 is 5.52. The number of hydrogen-bond acceptors (Lipinski definition) is 4. The van der Waals surface area contributed by atoms with Gasteiger partial charge in [-0.25, -0.2) is 0 Å². The topological polar surface area (TPSA) is 53.6 Å². The summed E-state index contributed by atoms with van der Waals surface area (Å²) in [6.45, 7) is 8.35. The third kappa shape index (κ3) is 5.38. The zero-order valence-corrected chi connectivity index (χ0v) is 12.7. The van der Waals surface area contributed by atoms with E-state index in [1.54, 1.807) is 0 Å². The Labute approximate surface area is 122 Å². The van der Waals surface area contributed by atoms with E-state index in [4.69, 9.17) is 4.74 Å². The first-order valence-electron chi connectivity index (χ1n) is 8.09. The van der Waals surface area contributed by atoms with E-state index in [0.717, 1.165) is 45.6 Å². The van der Waals surface area contributed by atoms with E-state index in [2.05, 4.69) is 22.5 Å². The number of likely N-dealkylation sites (N-methyl/N-ethyl adjacent to an activating group) is 1. The molecule has 2 fully saturated rings. The average Bonchev–Trinajstić information content (AvgIpc) is 2.99. The summed E-state index contributed by atoms with van der Waals surface area (Å²) in [6, 6.07) is 0. The van der Waals surface area contributed by atoms with Gasteiger partial charge in [0.25, 0.3) is 0 Å². The lowest BCUT2D eigenvalue weighted by Gasteiger charge is -2.29. The van der Waals surface area contributed by atoms with Gasteiger partial charge in [-0.2, -0.15) is 0 Å². The molecule has 0 aromatic rings. The van der Waals surface area contributed by atoms with E-state index in [1.165, 1.54) is 12.8 Å². The largest absolute Gasteiger partial charge is 0.376 e. The number of amides is 1. The molecule has 2 heterocycles. The van der Waals surface area contributed by atoms with Gasteiger partial charge in [-0.05, 0) is 51.2 Å². The molecule has 0 spiro atoms. The van der Waals surface area contributed by atoms with E-state index in [9.17, 15) is 4.79 Å². The molecule has 0 radical (unpaired) electrons. The van der Waals surface area contributed by atoms with Gasteiger partial charge in [-0.1, -0.05) is 6.92 Å². The number of carbonyl (C=O) groups excluding carboxylic acids is 1. The summed E-state index contributed by atoms with van der Waals surface area (Å²) >= 11 is 0. The number of nitrogens with one attached hydrogen (secondary N) is 2. The molecule has 2 saturated heterocycles. The van der Waals surface area contributed by atoms with Crippen molar-refractivity contribution < 1.29 is 9.53 Å². The maximum atomic E-state index is 12.0. The quantitative estimate of drug-likeness (QED) is 0.718. The highest BCUT2D eigenvalue weighted by atomic mass is 16.5. The van der Waals surface area contributed by atoms with Crippen molar-refractivity contribution in [3.8, 4) is 0 Å². The Bertz CT molecular complexity index is 287. The fourth-order valence-corrected chi connectivity index (χ4v) is 3.04. The fraction of sp³-hybridized carbons (Fsp3) is 0.933. The molecule has 0 aromatic carbocycles. The van der Waals surface area contributed by atoms with Crippen LogP contribution >= 0.6 is 0 Å². The first-order valence-corrected chi connectivity index (χ1v) is 8.09. The van der Waals surface area contributed by atoms with E-state index < -0.39 is 0 Å². The van der Waals surface area contributed by atoms with Gasteiger partial charge in [0.15, 0.2) is 0 Å². The molecule has 20 heavy (non-hydrogen) atoms. The van der Waals surface area contributed by atoms with E-state index in [0.29, 0.717) is 19.0 Å². The minimum atomic E-state index is 0.131. The molecule has 0 aliphatic carbocycles. The van der Waals surface area contributed by atoms with E-state index >= 15 is 0 Å². The maximum absolute atomic E-state index is 12.0. The smallest absolute Gasteiger partial charge is 0.234 e. The molecule has 2 N–H and O–H groups in total. The van der Waals surface area contributed by atoms with Crippen molar-refractivity contribution in [1.82, 2.24) is 15.5 Å². The molecule has 0 saturated carbocycles. The van der Waals surface area contributed by atoms with Crippen LogP contribution in [-0.2, 0) is 9.53 Å². The molecular formula is C15H29N3O2. The van der Waals surface area contributed by atoms with Crippen LogP contribution in [0.3, 0.4) is 0 Å². The van der Waals surface area contributed by atoms with Crippen molar-refractivity contribution in [1.29, 1.82) is 0 Å². The summed E-state index contributed by atoms with van der Waals surface area (Å²) in [6.07, 6.45) is 4.97. The molecule has 2 unspecified atom stereocenters. The Balaban J connectivity index is 1.64. The molecule has 2 aliphatic heterocycles. The van der Waals surface area contributed by atoms with Crippen LogP contribution in [0.4, 0.5) is 0 Å². The zero-order valence-electron chi connectivity index (χ0n) is 12.7. The van der Waals surface area contributed by atoms with Crippen LogP contribution in [0.25, 0.3) is 0 Å². The fourth-order valence-electron chi connectivity index (χ4n) is 3.04. The molecule has 5 nitrogen and oxygen atoms in total. The van der Waals surface area contributed by atoms with Gasteiger partial charge in [0.1, 0.15) is 0 Å². The molecule has 2 aliphatic rings. The Morgan fingerprint density at radius 2 is 2.30 bits per heavy atom. The summed E-state index contributed by atoms with van der Waals surface area (Å²) in [4.78, 5) is 14.2. The number of hydrogen-bond donors (Lipinski definition) is 2. The summed E-state index contributed by atoms with van der Waals surface area (Å²) in [5, 5.41) is 6.44. The van der Waals surface area contributed by atoms with Gasteiger partial charge in [-0.3, -0.25) is 9.69 Å². The molecule has 0 aromatic heterocycles. The predicted molar refractivity (Wildman–Crippen MR) is 79.7 cm³/mol. The van der Waals surface area contributed by atoms with Gasteiger partial charge < -0.3 is 15.4 Å². The lowest BCUT2D eigenvalue weighted by Crippen LogP contribution is -2.44. The lowest BCUT2D eigenvalue weighted by molar-refractivity contribution is -0.122. The molecule has 1 amide bonds. The van der Waals surface area contributed by atoms with Crippen molar-refractivity contribution >= 4 is 5.91 Å². The van der Waals surface area contributed by atoms with Crippen LogP contribution in [0.15, 0.2) is 0 Å². The third-order valence-electron chi connectivity index (χ3n) is 4.28. The van der Waals surface area contributed by atoms with Gasteiger partial charge in [0.2, 0.25) is 5.91 Å². The Kier molecular flexibility index (Phi) is 6.76. The van der Waals surface area contributed by atoms with Crippen LogP contribution in [0.5, 0.6) is 0 Å². The predicted octanol–water partition coefficient (Wildman–Crippen LogP) is 0.603. The standard InChI is InChI=1S/C15H29N3O2/c1-2-18(11-13-5-3-7-16-9-13)12-15(19)17-10-14-6-4-8-20-14/h13-14,16H,2-12H2,1H3,(H,17,19). The number of piperidine rings is 1. The second-order valence-electron chi connectivity index (χ2n) is 5.98. The molecule has 2 rings (SSSR count). The normalized spacial score (nSPS) is 26.9. The SMILES string of the molecule is CCN(CC(=O)NCC1CCCO1)CC1CCCNC1. The molecule has 116 valence electrons. The third-order valence-corrected chi connectivity index (χ3v) is 4.28. The first kappa shape index (κ1) is 15.7. The van der Waals surface area contributed by atoms with Crippen LogP contribution in [0.1, 0.15) is 32.6 Å². The zero-order chi connectivity index (χ0) is 14.2. The van der Waals surface area contributed by atoms with Gasteiger partial charge >= 0.3 is 0 Å². The Morgan fingerprint density at radius 1 is 1.40 bits per heavy atom. The maximum Gasteiger partial charge on any atom is 0.234 e. The van der Waals surface area contributed by atoms with Crippen molar-refractivity contribution in [3.05, 3.63) is 0 Å². The van der Waals surface area contributed by atoms with E-state index in [1.807, 2.05) is 0 Å². The average molecular weight is 283 g/mol. The van der Waals surface area contributed by atoms with Crippen LogP contribution in [0.2, 0.25) is 0 Å². The molecule has 2 atom stereocenters. The number of rotatable bonds is 7. The summed E-state index contributed by atoms with van der Waals surface area (Å²) in [5.41, 5.74) is 0. The highest BCUT2D eigenvalue weighted by molar-refractivity contribution is 5.78. The highest BCUT2D eigenvalue weighted by Gasteiger charge is 2.19. The molecule has 0 bridgehead atoms. The summed E-state index contributed by atoms with van der Waals surface area (Å²) in [5.74, 6) is 0.820. The van der Waals surface area contributed by atoms with Crippen LogP contribution < -0.4 is 10.6 Å². The number of carbonyl (C=O) groups is 1. The van der Waals surface area contributed by atoms with Crippen LogP contribution in [0, 0.1) is 5.92 Å².